The molecule has 2 aliphatic heterocycles. The van der Waals surface area contributed by atoms with E-state index in [1.165, 1.54) is 29.2 Å². The number of hydrogen-bond acceptors (Lipinski definition) is 6. The smallest absolute Gasteiger partial charge is 0.308 e. The van der Waals surface area contributed by atoms with Crippen molar-refractivity contribution in [3.05, 3.63) is 42.5 Å². The van der Waals surface area contributed by atoms with Gasteiger partial charge in [-0.15, -0.1) is 0 Å². The number of carboxylic acids is 1. The number of ether oxygens (including phenoxy) is 2. The Kier molecular flexibility index (Phi) is 4.79. The standard InChI is InChI=1S/C19H18N2O7S/c22-18-9-12(19(23)24)11-21(18)14-2-4-15(5-3-14)29(25,26)20-13-1-6-16-17(10-13)28-8-7-27-16/h1-6,10,12,20H,7-9,11H2,(H,23,24). The minimum atomic E-state index is -3.86. The number of carbonyl (C=O) groups excluding carboxylic acids is 1. The third-order valence-corrected chi connectivity index (χ3v) is 6.12. The molecule has 0 aliphatic carbocycles. The first kappa shape index (κ1) is 19.1. The fourth-order valence-corrected chi connectivity index (χ4v) is 4.30. The molecule has 2 N–H and O–H groups in total. The van der Waals surface area contributed by atoms with Crippen LogP contribution < -0.4 is 19.1 Å². The Morgan fingerprint density at radius 1 is 1.07 bits per heavy atom. The molecule has 2 heterocycles. The molecule has 2 aromatic carbocycles. The molecule has 29 heavy (non-hydrogen) atoms. The molecule has 1 atom stereocenters. The third-order valence-electron chi connectivity index (χ3n) is 4.73. The molecule has 9 nitrogen and oxygen atoms in total. The van der Waals surface area contributed by atoms with Gasteiger partial charge in [0.25, 0.3) is 10.0 Å². The molecule has 2 aromatic rings. The molecule has 4 rings (SSSR count). The Labute approximate surface area is 166 Å². The van der Waals surface area contributed by atoms with Crippen LogP contribution in [0.1, 0.15) is 6.42 Å². The summed E-state index contributed by atoms with van der Waals surface area (Å²) in [7, 11) is -3.86. The molecule has 1 unspecified atom stereocenters. The van der Waals surface area contributed by atoms with Gasteiger partial charge in [0.2, 0.25) is 5.91 Å². The molecule has 1 saturated heterocycles. The first-order valence-corrected chi connectivity index (χ1v) is 10.4. The van der Waals surface area contributed by atoms with Crippen molar-refractivity contribution in [3.8, 4) is 11.5 Å². The quantitative estimate of drug-likeness (QED) is 0.758. The Morgan fingerprint density at radius 3 is 2.41 bits per heavy atom. The number of fused-ring (bicyclic) bond motifs is 1. The summed E-state index contributed by atoms with van der Waals surface area (Å²) in [4.78, 5) is 24.5. The van der Waals surface area contributed by atoms with Crippen molar-refractivity contribution in [3.63, 3.8) is 0 Å². The van der Waals surface area contributed by atoms with Crippen molar-refractivity contribution in [1.29, 1.82) is 0 Å². The number of hydrogen-bond donors (Lipinski definition) is 2. The predicted octanol–water partition coefficient (Wildman–Crippen LogP) is 1.70. The molecular weight excluding hydrogens is 400 g/mol. The SMILES string of the molecule is O=C(O)C1CC(=O)N(c2ccc(S(=O)(=O)Nc3ccc4c(c3)OCCO4)cc2)C1. The van der Waals surface area contributed by atoms with Crippen molar-refractivity contribution in [2.75, 3.05) is 29.4 Å². The van der Waals surface area contributed by atoms with Crippen LogP contribution in [0.4, 0.5) is 11.4 Å². The summed E-state index contributed by atoms with van der Waals surface area (Å²) in [5, 5.41) is 9.08. The monoisotopic (exact) mass is 418 g/mol. The zero-order chi connectivity index (χ0) is 20.6. The van der Waals surface area contributed by atoms with E-state index in [4.69, 9.17) is 14.6 Å². The van der Waals surface area contributed by atoms with Crippen LogP contribution in [-0.4, -0.2) is 45.2 Å². The molecule has 0 aromatic heterocycles. The number of amides is 1. The van der Waals surface area contributed by atoms with Crippen LogP contribution >= 0.6 is 0 Å². The number of carbonyl (C=O) groups is 2. The maximum absolute atomic E-state index is 12.7. The van der Waals surface area contributed by atoms with E-state index in [0.717, 1.165) is 0 Å². The maximum Gasteiger partial charge on any atom is 0.308 e. The second-order valence-corrected chi connectivity index (χ2v) is 8.38. The van der Waals surface area contributed by atoms with Gasteiger partial charge in [-0.05, 0) is 36.4 Å². The summed E-state index contributed by atoms with van der Waals surface area (Å²) in [6.45, 7) is 0.898. The van der Waals surface area contributed by atoms with Crippen LogP contribution in [0, 0.1) is 5.92 Å². The molecule has 0 radical (unpaired) electrons. The normalized spacial score (nSPS) is 18.6. The van der Waals surface area contributed by atoms with Gasteiger partial charge in [-0.1, -0.05) is 0 Å². The summed E-state index contributed by atoms with van der Waals surface area (Å²) < 4.78 is 38.7. The Morgan fingerprint density at radius 2 is 1.76 bits per heavy atom. The van der Waals surface area contributed by atoms with Gasteiger partial charge < -0.3 is 19.5 Å². The van der Waals surface area contributed by atoms with E-state index in [1.807, 2.05) is 0 Å². The summed E-state index contributed by atoms with van der Waals surface area (Å²) in [5.41, 5.74) is 0.786. The van der Waals surface area contributed by atoms with E-state index >= 15 is 0 Å². The lowest BCUT2D eigenvalue weighted by Crippen LogP contribution is -2.25. The maximum atomic E-state index is 12.7. The number of benzene rings is 2. The molecule has 0 bridgehead atoms. The van der Waals surface area contributed by atoms with Gasteiger partial charge in [-0.3, -0.25) is 14.3 Å². The van der Waals surface area contributed by atoms with Gasteiger partial charge in [-0.2, -0.15) is 0 Å². The number of nitrogens with one attached hydrogen (secondary N) is 1. The third kappa shape index (κ3) is 3.83. The van der Waals surface area contributed by atoms with Gasteiger partial charge in [0.15, 0.2) is 11.5 Å². The van der Waals surface area contributed by atoms with Crippen LogP contribution in [0.25, 0.3) is 0 Å². The number of sulfonamides is 1. The van der Waals surface area contributed by atoms with E-state index in [-0.39, 0.29) is 23.8 Å². The van der Waals surface area contributed by atoms with E-state index in [9.17, 15) is 18.0 Å². The predicted molar refractivity (Wildman–Crippen MR) is 103 cm³/mol. The van der Waals surface area contributed by atoms with Crippen molar-refractivity contribution in [2.45, 2.75) is 11.3 Å². The minimum absolute atomic E-state index is 0.0116. The number of rotatable bonds is 5. The van der Waals surface area contributed by atoms with Gasteiger partial charge in [-0.25, -0.2) is 8.42 Å². The highest BCUT2D eigenvalue weighted by Crippen LogP contribution is 2.33. The molecule has 0 saturated carbocycles. The number of anilines is 2. The topological polar surface area (TPSA) is 122 Å². The van der Waals surface area contributed by atoms with Gasteiger partial charge in [0.05, 0.1) is 16.5 Å². The first-order chi connectivity index (χ1) is 13.8. The zero-order valence-corrected chi connectivity index (χ0v) is 16.0. The Hall–Kier alpha value is -3.27. The lowest BCUT2D eigenvalue weighted by atomic mass is 10.1. The van der Waals surface area contributed by atoms with E-state index in [1.54, 1.807) is 18.2 Å². The second kappa shape index (κ2) is 7.28. The number of carboxylic acid groups (broad SMARTS) is 1. The summed E-state index contributed by atoms with van der Waals surface area (Å²) >= 11 is 0. The van der Waals surface area contributed by atoms with Crippen LogP contribution in [0.5, 0.6) is 11.5 Å². The molecular formula is C19H18N2O7S. The fraction of sp³-hybridized carbons (Fsp3) is 0.263. The Balaban J connectivity index is 1.51. The van der Waals surface area contributed by atoms with Crippen LogP contribution in [-0.2, 0) is 19.6 Å². The number of nitrogens with zero attached hydrogens (tertiary/aromatic N) is 1. The lowest BCUT2D eigenvalue weighted by Gasteiger charge is -2.19. The van der Waals surface area contributed by atoms with Crippen LogP contribution in [0.3, 0.4) is 0 Å². The first-order valence-electron chi connectivity index (χ1n) is 8.89. The highest BCUT2D eigenvalue weighted by atomic mass is 32.2. The summed E-state index contributed by atoms with van der Waals surface area (Å²) in [6, 6.07) is 10.5. The molecule has 0 spiro atoms. The fourth-order valence-electron chi connectivity index (χ4n) is 3.25. The van der Waals surface area contributed by atoms with Crippen molar-refractivity contribution < 1.29 is 32.6 Å². The van der Waals surface area contributed by atoms with E-state index in [0.29, 0.717) is 36.1 Å². The second-order valence-electron chi connectivity index (χ2n) is 6.70. The molecule has 2 aliphatic rings. The van der Waals surface area contributed by atoms with Crippen molar-refractivity contribution >= 4 is 33.3 Å². The van der Waals surface area contributed by atoms with Crippen molar-refractivity contribution in [1.82, 2.24) is 0 Å². The minimum Gasteiger partial charge on any atom is -0.486 e. The van der Waals surface area contributed by atoms with Crippen LogP contribution in [0.15, 0.2) is 47.4 Å². The van der Waals surface area contributed by atoms with Gasteiger partial charge in [0.1, 0.15) is 13.2 Å². The summed E-state index contributed by atoms with van der Waals surface area (Å²) in [6.07, 6.45) is -0.0684. The lowest BCUT2D eigenvalue weighted by molar-refractivity contribution is -0.141. The molecule has 152 valence electrons. The largest absolute Gasteiger partial charge is 0.486 e. The highest BCUT2D eigenvalue weighted by molar-refractivity contribution is 7.92. The molecule has 1 amide bonds. The summed E-state index contributed by atoms with van der Waals surface area (Å²) in [5.74, 6) is -1.07. The van der Waals surface area contributed by atoms with Crippen molar-refractivity contribution in [2.24, 2.45) is 5.92 Å². The number of aliphatic carboxylic acids is 1. The van der Waals surface area contributed by atoms with Gasteiger partial charge in [0, 0.05) is 24.7 Å². The highest BCUT2D eigenvalue weighted by Gasteiger charge is 2.35. The van der Waals surface area contributed by atoms with Gasteiger partial charge >= 0.3 is 5.97 Å². The average Bonchev–Trinajstić information content (AvgIpc) is 3.10. The molecule has 1 fully saturated rings. The zero-order valence-electron chi connectivity index (χ0n) is 15.2. The molecule has 10 heteroatoms. The van der Waals surface area contributed by atoms with E-state index < -0.39 is 21.9 Å². The van der Waals surface area contributed by atoms with E-state index in [2.05, 4.69) is 4.72 Å². The average molecular weight is 418 g/mol. The Bertz CT molecular complexity index is 1070. The van der Waals surface area contributed by atoms with Crippen LogP contribution in [0.2, 0.25) is 0 Å².